The van der Waals surface area contributed by atoms with E-state index in [1.54, 1.807) is 26.8 Å². The third-order valence-corrected chi connectivity index (χ3v) is 4.72. The lowest BCUT2D eigenvalue weighted by atomic mass is 10.1. The SMILES string of the molecule is C[C@@H](NC(=O)OC(C)(C)C)C(=O)Nc1cc(-c2nnc3n2CCCCC3)ccc1F. The smallest absolute Gasteiger partial charge is 0.408 e. The van der Waals surface area contributed by atoms with E-state index in [0.29, 0.717) is 11.4 Å². The normalized spacial score (nSPS) is 15.0. The predicted octanol–water partition coefficient (Wildman–Crippen LogP) is 3.66. The first kappa shape index (κ1) is 21.7. The number of amides is 2. The Morgan fingerprint density at radius 2 is 1.97 bits per heavy atom. The number of hydrogen-bond acceptors (Lipinski definition) is 5. The standard InChI is InChI=1S/C21H28FN5O3/c1-13(23-20(29)30-21(2,3)4)19(28)24-16-12-14(9-10-15(16)22)18-26-25-17-8-6-5-7-11-27(17)18/h9-10,12-13H,5-8,11H2,1-4H3,(H,23,29)(H,24,28)/t13-/m1/s1. The molecular weight excluding hydrogens is 389 g/mol. The molecule has 0 spiro atoms. The van der Waals surface area contributed by atoms with Gasteiger partial charge in [-0.3, -0.25) is 4.79 Å². The number of halogens is 1. The molecule has 0 unspecified atom stereocenters. The lowest BCUT2D eigenvalue weighted by Crippen LogP contribution is -2.44. The van der Waals surface area contributed by atoms with Crippen molar-refractivity contribution in [3.8, 4) is 11.4 Å². The van der Waals surface area contributed by atoms with Gasteiger partial charge in [0.05, 0.1) is 5.69 Å². The molecule has 2 amide bonds. The van der Waals surface area contributed by atoms with Crippen molar-refractivity contribution in [1.29, 1.82) is 0 Å². The average molecular weight is 417 g/mol. The van der Waals surface area contributed by atoms with Crippen LogP contribution in [0, 0.1) is 5.82 Å². The summed E-state index contributed by atoms with van der Waals surface area (Å²) in [6.07, 6.45) is 3.40. The van der Waals surface area contributed by atoms with Gasteiger partial charge in [0.1, 0.15) is 23.3 Å². The summed E-state index contributed by atoms with van der Waals surface area (Å²) in [6, 6.07) is 3.53. The van der Waals surface area contributed by atoms with Crippen molar-refractivity contribution < 1.29 is 18.7 Å². The van der Waals surface area contributed by atoms with E-state index in [4.69, 9.17) is 4.74 Å². The molecule has 162 valence electrons. The van der Waals surface area contributed by atoms with Crippen LogP contribution in [-0.2, 0) is 22.5 Å². The van der Waals surface area contributed by atoms with Crippen molar-refractivity contribution in [1.82, 2.24) is 20.1 Å². The molecule has 0 aliphatic carbocycles. The van der Waals surface area contributed by atoms with Gasteiger partial charge in [0, 0.05) is 18.5 Å². The van der Waals surface area contributed by atoms with Gasteiger partial charge < -0.3 is 19.9 Å². The van der Waals surface area contributed by atoms with Crippen molar-refractivity contribution in [2.45, 2.75) is 71.6 Å². The molecule has 0 bridgehead atoms. The summed E-state index contributed by atoms with van der Waals surface area (Å²) in [5.74, 6) is 0.444. The van der Waals surface area contributed by atoms with Crippen LogP contribution in [0.1, 0.15) is 52.8 Å². The van der Waals surface area contributed by atoms with E-state index in [2.05, 4.69) is 25.4 Å². The third-order valence-electron chi connectivity index (χ3n) is 4.72. The molecule has 0 radical (unpaired) electrons. The summed E-state index contributed by atoms with van der Waals surface area (Å²) in [5.41, 5.74) is -0.00168. The van der Waals surface area contributed by atoms with Gasteiger partial charge in [0.25, 0.3) is 0 Å². The molecule has 1 atom stereocenters. The van der Waals surface area contributed by atoms with Crippen LogP contribution in [0.25, 0.3) is 11.4 Å². The van der Waals surface area contributed by atoms with Crippen LogP contribution < -0.4 is 10.6 Å². The number of rotatable bonds is 4. The molecule has 2 N–H and O–H groups in total. The minimum Gasteiger partial charge on any atom is -0.444 e. The van der Waals surface area contributed by atoms with Crippen LogP contribution in [0.2, 0.25) is 0 Å². The van der Waals surface area contributed by atoms with Gasteiger partial charge in [-0.15, -0.1) is 10.2 Å². The highest BCUT2D eigenvalue weighted by atomic mass is 19.1. The number of aromatic nitrogens is 3. The van der Waals surface area contributed by atoms with Crippen molar-refractivity contribution in [2.24, 2.45) is 0 Å². The maximum absolute atomic E-state index is 14.4. The quantitative estimate of drug-likeness (QED) is 0.791. The number of alkyl carbamates (subject to hydrolysis) is 1. The van der Waals surface area contributed by atoms with E-state index < -0.39 is 29.5 Å². The Morgan fingerprint density at radius 1 is 1.20 bits per heavy atom. The zero-order valence-corrected chi connectivity index (χ0v) is 17.8. The maximum atomic E-state index is 14.4. The van der Waals surface area contributed by atoms with Gasteiger partial charge in [-0.05, 0) is 58.7 Å². The van der Waals surface area contributed by atoms with Gasteiger partial charge in [-0.1, -0.05) is 6.42 Å². The summed E-state index contributed by atoms with van der Waals surface area (Å²) >= 11 is 0. The molecule has 9 heteroatoms. The van der Waals surface area contributed by atoms with E-state index in [1.807, 2.05) is 0 Å². The molecule has 1 aliphatic heterocycles. The molecular formula is C21H28FN5O3. The minimum atomic E-state index is -0.910. The number of fused-ring (bicyclic) bond motifs is 1. The fourth-order valence-corrected chi connectivity index (χ4v) is 3.25. The maximum Gasteiger partial charge on any atom is 0.408 e. The largest absolute Gasteiger partial charge is 0.444 e. The molecule has 1 aromatic carbocycles. The first-order valence-corrected chi connectivity index (χ1v) is 10.2. The van der Waals surface area contributed by atoms with Crippen LogP contribution >= 0.6 is 0 Å². The Balaban J connectivity index is 1.74. The zero-order chi connectivity index (χ0) is 21.9. The van der Waals surface area contributed by atoms with Crippen LogP contribution in [0.3, 0.4) is 0 Å². The Morgan fingerprint density at radius 3 is 2.70 bits per heavy atom. The highest BCUT2D eigenvalue weighted by Crippen LogP contribution is 2.26. The third kappa shape index (κ3) is 5.34. The molecule has 2 heterocycles. The second-order valence-corrected chi connectivity index (χ2v) is 8.45. The van der Waals surface area contributed by atoms with Gasteiger partial charge >= 0.3 is 6.09 Å². The molecule has 3 rings (SSSR count). The lowest BCUT2D eigenvalue weighted by Gasteiger charge is -2.21. The molecule has 8 nitrogen and oxygen atoms in total. The van der Waals surface area contributed by atoms with Crippen LogP contribution in [0.5, 0.6) is 0 Å². The van der Waals surface area contributed by atoms with Gasteiger partial charge in [0.2, 0.25) is 5.91 Å². The molecule has 0 saturated heterocycles. The van der Waals surface area contributed by atoms with Crippen molar-refractivity contribution in [2.75, 3.05) is 5.32 Å². The number of aryl methyl sites for hydroxylation is 1. The molecule has 2 aromatic rings. The van der Waals surface area contributed by atoms with Crippen molar-refractivity contribution in [3.63, 3.8) is 0 Å². The van der Waals surface area contributed by atoms with Crippen LogP contribution in [0.15, 0.2) is 18.2 Å². The number of ether oxygens (including phenoxy) is 1. The zero-order valence-electron chi connectivity index (χ0n) is 17.8. The second-order valence-electron chi connectivity index (χ2n) is 8.45. The van der Waals surface area contributed by atoms with Crippen molar-refractivity contribution in [3.05, 3.63) is 29.8 Å². The first-order chi connectivity index (χ1) is 14.1. The van der Waals surface area contributed by atoms with E-state index >= 15 is 0 Å². The molecule has 0 saturated carbocycles. The predicted molar refractivity (Wildman–Crippen MR) is 110 cm³/mol. The van der Waals surface area contributed by atoms with E-state index in [9.17, 15) is 14.0 Å². The highest BCUT2D eigenvalue weighted by molar-refractivity contribution is 5.96. The lowest BCUT2D eigenvalue weighted by molar-refractivity contribution is -0.117. The fraction of sp³-hybridized carbons (Fsp3) is 0.524. The Bertz CT molecular complexity index is 935. The Kier molecular flexibility index (Phi) is 6.38. The number of nitrogens with zero attached hydrogens (tertiary/aromatic N) is 3. The van der Waals surface area contributed by atoms with Gasteiger partial charge in [-0.2, -0.15) is 0 Å². The molecule has 0 fully saturated rings. The van der Waals surface area contributed by atoms with Gasteiger partial charge in [-0.25, -0.2) is 9.18 Å². The van der Waals surface area contributed by atoms with Crippen molar-refractivity contribution >= 4 is 17.7 Å². The number of benzene rings is 1. The monoisotopic (exact) mass is 417 g/mol. The summed E-state index contributed by atoms with van der Waals surface area (Å²) in [4.78, 5) is 24.3. The molecule has 1 aliphatic rings. The van der Waals surface area contributed by atoms with E-state index in [0.717, 1.165) is 38.1 Å². The number of anilines is 1. The Labute approximate surface area is 175 Å². The van der Waals surface area contributed by atoms with Gasteiger partial charge in [0.15, 0.2) is 5.82 Å². The summed E-state index contributed by atoms with van der Waals surface area (Å²) in [7, 11) is 0. The minimum absolute atomic E-state index is 0.0151. The first-order valence-electron chi connectivity index (χ1n) is 10.2. The summed E-state index contributed by atoms with van der Waals surface area (Å²) < 4.78 is 21.6. The van der Waals surface area contributed by atoms with E-state index in [-0.39, 0.29) is 5.69 Å². The highest BCUT2D eigenvalue weighted by Gasteiger charge is 2.22. The fourth-order valence-electron chi connectivity index (χ4n) is 3.25. The Hall–Kier alpha value is -2.97. The topological polar surface area (TPSA) is 98.1 Å². The number of hydrogen-bond donors (Lipinski definition) is 2. The summed E-state index contributed by atoms with van der Waals surface area (Å²) in [5, 5.41) is 13.5. The number of carbonyl (C=O) groups excluding carboxylic acids is 2. The number of nitrogens with one attached hydrogen (secondary N) is 2. The average Bonchev–Trinajstić information content (AvgIpc) is 2.90. The summed E-state index contributed by atoms with van der Waals surface area (Å²) in [6.45, 7) is 7.49. The van der Waals surface area contributed by atoms with E-state index in [1.165, 1.54) is 19.1 Å². The van der Waals surface area contributed by atoms with Crippen LogP contribution in [-0.4, -0.2) is 38.4 Å². The molecule has 30 heavy (non-hydrogen) atoms. The second kappa shape index (κ2) is 8.81. The van der Waals surface area contributed by atoms with Crippen LogP contribution in [0.4, 0.5) is 14.9 Å². The molecule has 1 aromatic heterocycles. The number of carbonyl (C=O) groups is 2.